The van der Waals surface area contributed by atoms with E-state index in [0.717, 1.165) is 32.5 Å². The molecule has 3 nitrogen and oxygen atoms in total. The van der Waals surface area contributed by atoms with Crippen LogP contribution in [0.15, 0.2) is 0 Å². The lowest BCUT2D eigenvalue weighted by molar-refractivity contribution is 0.193. The Balaban J connectivity index is 3.30. The molecule has 0 spiro atoms. The van der Waals surface area contributed by atoms with Gasteiger partial charge in [0, 0.05) is 20.3 Å². The molecule has 0 aromatic carbocycles. The molecule has 0 aliphatic rings. The quantitative estimate of drug-likeness (QED) is 0.528. The lowest BCUT2D eigenvalue weighted by atomic mass is 10.0. The second kappa shape index (κ2) is 11.0. The number of ether oxygens (including phenoxy) is 1. The molecule has 0 aromatic heterocycles. The zero-order chi connectivity index (χ0) is 10.6. The van der Waals surface area contributed by atoms with E-state index in [1.165, 1.54) is 12.8 Å². The van der Waals surface area contributed by atoms with Crippen molar-refractivity contribution in [2.45, 2.75) is 32.6 Å². The lowest BCUT2D eigenvalue weighted by Crippen LogP contribution is -2.25. The minimum Gasteiger partial charge on any atom is -0.396 e. The second-order valence-electron chi connectivity index (χ2n) is 3.72. The Hall–Kier alpha value is -0.120. The molecule has 0 amide bonds. The summed E-state index contributed by atoms with van der Waals surface area (Å²) in [6.07, 6.45) is 4.39. The smallest absolute Gasteiger partial charge is 0.0474 e. The number of hydrogen-bond donors (Lipinski definition) is 2. The lowest BCUT2D eigenvalue weighted by Gasteiger charge is -2.15. The standard InChI is InChI=1S/C11H25NO2/c1-3-5-11(6-8-13)10-12-7-4-9-14-2/h11-13H,3-10H2,1-2H3. The van der Waals surface area contributed by atoms with E-state index in [-0.39, 0.29) is 0 Å². The van der Waals surface area contributed by atoms with E-state index in [1.807, 2.05) is 0 Å². The molecule has 0 radical (unpaired) electrons. The highest BCUT2D eigenvalue weighted by atomic mass is 16.5. The summed E-state index contributed by atoms with van der Waals surface area (Å²) in [6, 6.07) is 0. The fraction of sp³-hybridized carbons (Fsp3) is 1.00. The SMILES string of the molecule is CCCC(CCO)CNCCCOC. The van der Waals surface area contributed by atoms with Crippen molar-refractivity contribution in [1.82, 2.24) is 5.32 Å². The summed E-state index contributed by atoms with van der Waals surface area (Å²) in [6.45, 7) is 5.36. The normalized spacial score (nSPS) is 13.1. The third kappa shape index (κ3) is 8.48. The summed E-state index contributed by atoms with van der Waals surface area (Å²) >= 11 is 0. The predicted octanol–water partition coefficient (Wildman–Crippen LogP) is 1.41. The number of hydrogen-bond acceptors (Lipinski definition) is 3. The number of nitrogens with one attached hydrogen (secondary N) is 1. The summed E-state index contributed by atoms with van der Waals surface area (Å²) in [5, 5.41) is 12.3. The van der Waals surface area contributed by atoms with Crippen LogP contribution in [0.2, 0.25) is 0 Å². The third-order valence-electron chi connectivity index (χ3n) is 2.37. The maximum Gasteiger partial charge on any atom is 0.0474 e. The van der Waals surface area contributed by atoms with E-state index >= 15 is 0 Å². The molecule has 3 heteroatoms. The Morgan fingerprint density at radius 1 is 1.36 bits per heavy atom. The molecule has 1 unspecified atom stereocenters. The highest BCUT2D eigenvalue weighted by molar-refractivity contribution is 4.61. The van der Waals surface area contributed by atoms with Crippen LogP contribution in [0.3, 0.4) is 0 Å². The fourth-order valence-electron chi connectivity index (χ4n) is 1.59. The Morgan fingerprint density at radius 2 is 2.14 bits per heavy atom. The van der Waals surface area contributed by atoms with E-state index in [2.05, 4.69) is 12.2 Å². The number of methoxy groups -OCH3 is 1. The zero-order valence-electron chi connectivity index (χ0n) is 9.59. The van der Waals surface area contributed by atoms with Crippen LogP contribution in [0.1, 0.15) is 32.6 Å². The van der Waals surface area contributed by atoms with Gasteiger partial charge in [-0.05, 0) is 38.3 Å². The van der Waals surface area contributed by atoms with Crippen molar-refractivity contribution in [3.63, 3.8) is 0 Å². The summed E-state index contributed by atoms with van der Waals surface area (Å²) in [5.74, 6) is 0.632. The van der Waals surface area contributed by atoms with Gasteiger partial charge >= 0.3 is 0 Å². The van der Waals surface area contributed by atoms with Crippen LogP contribution in [0.25, 0.3) is 0 Å². The Bertz CT molecular complexity index is 103. The molecule has 0 heterocycles. The van der Waals surface area contributed by atoms with Gasteiger partial charge in [-0.2, -0.15) is 0 Å². The summed E-state index contributed by atoms with van der Waals surface area (Å²) in [5.41, 5.74) is 0. The third-order valence-corrected chi connectivity index (χ3v) is 2.37. The monoisotopic (exact) mass is 203 g/mol. The van der Waals surface area contributed by atoms with E-state index in [0.29, 0.717) is 12.5 Å². The van der Waals surface area contributed by atoms with Gasteiger partial charge in [0.1, 0.15) is 0 Å². The van der Waals surface area contributed by atoms with Crippen molar-refractivity contribution >= 4 is 0 Å². The molecular weight excluding hydrogens is 178 g/mol. The first kappa shape index (κ1) is 13.9. The van der Waals surface area contributed by atoms with Crippen molar-refractivity contribution in [3.05, 3.63) is 0 Å². The maximum atomic E-state index is 8.86. The molecule has 0 aliphatic heterocycles. The fourth-order valence-corrected chi connectivity index (χ4v) is 1.59. The van der Waals surface area contributed by atoms with Gasteiger partial charge in [0.2, 0.25) is 0 Å². The molecule has 1 atom stereocenters. The first-order valence-corrected chi connectivity index (χ1v) is 5.65. The number of rotatable bonds is 10. The van der Waals surface area contributed by atoms with E-state index < -0.39 is 0 Å². The van der Waals surface area contributed by atoms with Crippen LogP contribution in [0.4, 0.5) is 0 Å². The highest BCUT2D eigenvalue weighted by Gasteiger charge is 2.05. The summed E-state index contributed by atoms with van der Waals surface area (Å²) in [7, 11) is 1.73. The van der Waals surface area contributed by atoms with Crippen LogP contribution in [0, 0.1) is 5.92 Å². The highest BCUT2D eigenvalue weighted by Crippen LogP contribution is 2.08. The molecule has 0 aliphatic carbocycles. The number of aliphatic hydroxyl groups excluding tert-OH is 1. The van der Waals surface area contributed by atoms with Gasteiger partial charge in [-0.25, -0.2) is 0 Å². The average Bonchev–Trinajstić information content (AvgIpc) is 2.18. The Morgan fingerprint density at radius 3 is 2.71 bits per heavy atom. The largest absolute Gasteiger partial charge is 0.396 e. The average molecular weight is 203 g/mol. The van der Waals surface area contributed by atoms with Crippen LogP contribution in [0.5, 0.6) is 0 Å². The van der Waals surface area contributed by atoms with Crippen molar-refractivity contribution < 1.29 is 9.84 Å². The minimum atomic E-state index is 0.310. The minimum absolute atomic E-state index is 0.310. The van der Waals surface area contributed by atoms with Gasteiger partial charge in [-0.15, -0.1) is 0 Å². The van der Waals surface area contributed by atoms with E-state index in [1.54, 1.807) is 7.11 Å². The Kier molecular flexibility index (Phi) is 10.9. The summed E-state index contributed by atoms with van der Waals surface area (Å²) < 4.78 is 4.96. The van der Waals surface area contributed by atoms with Gasteiger partial charge in [0.15, 0.2) is 0 Å². The van der Waals surface area contributed by atoms with Gasteiger partial charge in [0.05, 0.1) is 0 Å². The van der Waals surface area contributed by atoms with Crippen LogP contribution in [-0.4, -0.2) is 38.5 Å². The zero-order valence-corrected chi connectivity index (χ0v) is 9.59. The molecular formula is C11H25NO2. The number of aliphatic hydroxyl groups is 1. The molecule has 14 heavy (non-hydrogen) atoms. The second-order valence-corrected chi connectivity index (χ2v) is 3.72. The molecule has 86 valence electrons. The molecule has 0 aromatic rings. The van der Waals surface area contributed by atoms with Crippen LogP contribution >= 0.6 is 0 Å². The maximum absolute atomic E-state index is 8.86. The molecule has 2 N–H and O–H groups in total. The van der Waals surface area contributed by atoms with Gasteiger partial charge in [-0.1, -0.05) is 13.3 Å². The predicted molar refractivity (Wildman–Crippen MR) is 59.5 cm³/mol. The van der Waals surface area contributed by atoms with Crippen LogP contribution < -0.4 is 5.32 Å². The van der Waals surface area contributed by atoms with Gasteiger partial charge in [0.25, 0.3) is 0 Å². The molecule has 0 saturated carbocycles. The van der Waals surface area contributed by atoms with Crippen molar-refractivity contribution in [3.8, 4) is 0 Å². The van der Waals surface area contributed by atoms with Crippen molar-refractivity contribution in [2.75, 3.05) is 33.4 Å². The Labute approximate surface area is 87.8 Å². The van der Waals surface area contributed by atoms with E-state index in [4.69, 9.17) is 9.84 Å². The molecule has 0 bridgehead atoms. The molecule has 0 saturated heterocycles. The van der Waals surface area contributed by atoms with Crippen molar-refractivity contribution in [1.29, 1.82) is 0 Å². The van der Waals surface area contributed by atoms with E-state index in [9.17, 15) is 0 Å². The van der Waals surface area contributed by atoms with Gasteiger partial charge in [-0.3, -0.25) is 0 Å². The molecule has 0 fully saturated rings. The summed E-state index contributed by atoms with van der Waals surface area (Å²) in [4.78, 5) is 0. The van der Waals surface area contributed by atoms with Crippen LogP contribution in [-0.2, 0) is 4.74 Å². The van der Waals surface area contributed by atoms with Gasteiger partial charge < -0.3 is 15.2 Å². The molecule has 0 rings (SSSR count). The topological polar surface area (TPSA) is 41.5 Å². The first-order chi connectivity index (χ1) is 6.85. The first-order valence-electron chi connectivity index (χ1n) is 5.65. The van der Waals surface area contributed by atoms with Crippen molar-refractivity contribution in [2.24, 2.45) is 5.92 Å².